The summed E-state index contributed by atoms with van der Waals surface area (Å²) in [6.07, 6.45) is 0. The minimum atomic E-state index is 0.243. The average Bonchev–Trinajstić information content (AvgIpc) is 2.50. The van der Waals surface area contributed by atoms with Crippen molar-refractivity contribution in [1.29, 1.82) is 0 Å². The Morgan fingerprint density at radius 2 is 0.913 bits per heavy atom. The summed E-state index contributed by atoms with van der Waals surface area (Å²) in [5.74, 6) is 0.775. The highest BCUT2D eigenvalue weighted by Crippen LogP contribution is 2.27. The van der Waals surface area contributed by atoms with Gasteiger partial charge in [-0.2, -0.15) is 0 Å². The van der Waals surface area contributed by atoms with Crippen molar-refractivity contribution in [2.45, 2.75) is 39.5 Å². The molecular formula is C18H17B5. The molecule has 0 aromatic heterocycles. The van der Waals surface area contributed by atoms with E-state index in [2.05, 4.69) is 45.9 Å². The highest BCUT2D eigenvalue weighted by atomic mass is 14.2. The van der Waals surface area contributed by atoms with E-state index in [0.29, 0.717) is 28.3 Å². The quantitative estimate of drug-likeness (QED) is 0.672. The van der Waals surface area contributed by atoms with E-state index in [1.165, 1.54) is 11.1 Å². The maximum absolute atomic E-state index is 6.20. The Hall–Kier alpha value is -1.24. The van der Waals surface area contributed by atoms with E-state index in [-0.39, 0.29) is 16.4 Å². The fourth-order valence-corrected chi connectivity index (χ4v) is 2.65. The van der Waals surface area contributed by atoms with Gasteiger partial charge < -0.3 is 0 Å². The summed E-state index contributed by atoms with van der Waals surface area (Å²) in [4.78, 5) is 0. The van der Waals surface area contributed by atoms with Crippen LogP contribution in [-0.4, -0.2) is 39.2 Å². The van der Waals surface area contributed by atoms with Crippen LogP contribution in [0.4, 0.5) is 0 Å². The number of benzene rings is 2. The van der Waals surface area contributed by atoms with Crippen molar-refractivity contribution in [3.63, 3.8) is 0 Å². The Balaban J connectivity index is 2.82. The molecule has 0 heterocycles. The van der Waals surface area contributed by atoms with Gasteiger partial charge >= 0.3 is 0 Å². The summed E-state index contributed by atoms with van der Waals surface area (Å²) in [5.41, 5.74) is 5.60. The fraction of sp³-hybridized carbons (Fsp3) is 0.333. The summed E-state index contributed by atoms with van der Waals surface area (Å²) in [5, 5.41) is 0. The standard InChI is InChI=1S/C18H17B5/c1-8(2)10-5-11(9(3)4)7-12(6-10)13-14(19)16(21)18(23)17(22)15(13)20/h5-9H,1-4H3. The molecule has 5 heteroatoms. The molecule has 2 aromatic rings. The second-order valence-corrected chi connectivity index (χ2v) is 6.64. The molecule has 0 N–H and O–H groups in total. The van der Waals surface area contributed by atoms with Crippen LogP contribution in [0, 0.1) is 0 Å². The van der Waals surface area contributed by atoms with Gasteiger partial charge in [-0.1, -0.05) is 56.8 Å². The number of rotatable bonds is 3. The van der Waals surface area contributed by atoms with Crippen LogP contribution in [0.1, 0.15) is 50.7 Å². The molecule has 0 spiro atoms. The summed E-state index contributed by atoms with van der Waals surface area (Å²) in [7, 11) is 30.3. The highest BCUT2D eigenvalue weighted by Gasteiger charge is 2.15. The Morgan fingerprint density at radius 1 is 0.565 bits per heavy atom. The van der Waals surface area contributed by atoms with Gasteiger partial charge in [-0.25, -0.2) is 0 Å². The van der Waals surface area contributed by atoms with Gasteiger partial charge in [-0.3, -0.25) is 0 Å². The first kappa shape index (κ1) is 18.1. The number of hydrogen-bond acceptors (Lipinski definition) is 0. The maximum Gasteiger partial charge on any atom is 0.113 e. The van der Waals surface area contributed by atoms with Gasteiger partial charge in [-0.05, 0) is 34.1 Å². The zero-order valence-corrected chi connectivity index (χ0v) is 14.3. The first-order valence-electron chi connectivity index (χ1n) is 7.81. The molecule has 0 bridgehead atoms. The van der Waals surface area contributed by atoms with Crippen LogP contribution in [0.15, 0.2) is 18.2 Å². The molecule has 0 aliphatic heterocycles. The van der Waals surface area contributed by atoms with E-state index in [1.807, 2.05) is 0 Å². The summed E-state index contributed by atoms with van der Waals surface area (Å²) >= 11 is 0. The molecule has 0 saturated heterocycles. The molecule has 23 heavy (non-hydrogen) atoms. The van der Waals surface area contributed by atoms with E-state index >= 15 is 0 Å². The van der Waals surface area contributed by atoms with Crippen LogP contribution in [0.3, 0.4) is 0 Å². The Morgan fingerprint density at radius 3 is 1.26 bits per heavy atom. The zero-order valence-electron chi connectivity index (χ0n) is 14.3. The van der Waals surface area contributed by atoms with Gasteiger partial charge in [0.05, 0.1) is 0 Å². The van der Waals surface area contributed by atoms with Gasteiger partial charge in [0.15, 0.2) is 0 Å². The Kier molecular flexibility index (Phi) is 5.28. The minimum Gasteiger partial charge on any atom is -0.112 e. The molecule has 2 aromatic carbocycles. The Labute approximate surface area is 146 Å². The normalized spacial score (nSPS) is 11.4. The summed E-state index contributed by atoms with van der Waals surface area (Å²) in [6.45, 7) is 8.62. The molecule has 0 atom stereocenters. The lowest BCUT2D eigenvalue weighted by Gasteiger charge is -2.23. The second kappa shape index (κ2) is 6.71. The van der Waals surface area contributed by atoms with Crippen LogP contribution in [-0.2, 0) is 0 Å². The third-order valence-electron chi connectivity index (χ3n) is 4.30. The monoisotopic (exact) mass is 288 g/mol. The van der Waals surface area contributed by atoms with Gasteiger partial charge in [0.25, 0.3) is 0 Å². The lowest BCUT2D eigenvalue weighted by Crippen LogP contribution is -2.55. The number of hydrogen-bond donors (Lipinski definition) is 0. The molecule has 2 rings (SSSR count). The van der Waals surface area contributed by atoms with Crippen LogP contribution >= 0.6 is 0 Å². The van der Waals surface area contributed by atoms with E-state index in [1.54, 1.807) is 0 Å². The third-order valence-corrected chi connectivity index (χ3v) is 4.30. The van der Waals surface area contributed by atoms with Gasteiger partial charge in [-0.15, -0.1) is 16.4 Å². The minimum absolute atomic E-state index is 0.243. The molecule has 0 unspecified atom stereocenters. The van der Waals surface area contributed by atoms with Gasteiger partial charge in [0.2, 0.25) is 0 Å². The maximum atomic E-state index is 6.20. The summed E-state index contributed by atoms with van der Waals surface area (Å²) < 4.78 is 0. The first-order valence-corrected chi connectivity index (χ1v) is 7.81. The predicted octanol–water partition coefficient (Wildman–Crippen LogP) is -0.431. The van der Waals surface area contributed by atoms with E-state index in [0.717, 1.165) is 5.56 Å². The molecule has 0 aliphatic carbocycles. The molecule has 104 valence electrons. The average molecular weight is 287 g/mol. The third kappa shape index (κ3) is 3.34. The first-order chi connectivity index (χ1) is 10.6. The smallest absolute Gasteiger partial charge is 0.112 e. The second-order valence-electron chi connectivity index (χ2n) is 6.64. The van der Waals surface area contributed by atoms with Crippen LogP contribution in [0.2, 0.25) is 0 Å². The fourth-order valence-electron chi connectivity index (χ4n) is 2.65. The van der Waals surface area contributed by atoms with Crippen molar-refractivity contribution in [1.82, 2.24) is 0 Å². The van der Waals surface area contributed by atoms with Crippen molar-refractivity contribution < 1.29 is 0 Å². The highest BCUT2D eigenvalue weighted by molar-refractivity contribution is 6.68. The molecule has 10 radical (unpaired) electrons. The zero-order chi connectivity index (χ0) is 17.5. The molecule has 0 amide bonds. The lowest BCUT2D eigenvalue weighted by molar-refractivity contribution is 0.834. The molecule has 0 aliphatic rings. The predicted molar refractivity (Wildman–Crippen MR) is 107 cm³/mol. The lowest BCUT2D eigenvalue weighted by atomic mass is 9.59. The van der Waals surface area contributed by atoms with Gasteiger partial charge in [0.1, 0.15) is 39.2 Å². The van der Waals surface area contributed by atoms with E-state index < -0.39 is 0 Å². The van der Waals surface area contributed by atoms with E-state index in [4.69, 9.17) is 39.2 Å². The van der Waals surface area contributed by atoms with Crippen molar-refractivity contribution in [3.05, 3.63) is 29.3 Å². The van der Waals surface area contributed by atoms with Crippen LogP contribution in [0.25, 0.3) is 11.1 Å². The van der Waals surface area contributed by atoms with Crippen molar-refractivity contribution in [2.24, 2.45) is 0 Å². The SMILES string of the molecule is [B]c1c([B])c([B])c(-c2cc(C(C)C)cc(C(C)C)c2)c([B])c1[B]. The molecule has 0 saturated carbocycles. The largest absolute Gasteiger partial charge is 0.113 e. The van der Waals surface area contributed by atoms with Crippen LogP contribution in [0.5, 0.6) is 0 Å². The van der Waals surface area contributed by atoms with Crippen molar-refractivity contribution >= 4 is 66.5 Å². The van der Waals surface area contributed by atoms with Crippen molar-refractivity contribution in [2.75, 3.05) is 0 Å². The Bertz CT molecular complexity index is 692. The van der Waals surface area contributed by atoms with E-state index in [9.17, 15) is 0 Å². The topological polar surface area (TPSA) is 0 Å². The molecular weight excluding hydrogens is 270 g/mol. The van der Waals surface area contributed by atoms with Crippen molar-refractivity contribution in [3.8, 4) is 11.1 Å². The van der Waals surface area contributed by atoms with Crippen LogP contribution < -0.4 is 27.3 Å². The molecule has 0 fully saturated rings. The molecule has 0 nitrogen and oxygen atoms in total. The summed E-state index contributed by atoms with van der Waals surface area (Å²) in [6, 6.07) is 6.40. The van der Waals surface area contributed by atoms with Gasteiger partial charge in [0, 0.05) is 0 Å².